The molecule has 1 amide bonds. The number of fused-ring (bicyclic) bond motifs is 4. The van der Waals surface area contributed by atoms with Gasteiger partial charge >= 0.3 is 0 Å². The molecule has 0 aliphatic carbocycles. The van der Waals surface area contributed by atoms with Gasteiger partial charge in [-0.15, -0.1) is 0 Å². The lowest BCUT2D eigenvalue weighted by molar-refractivity contribution is 0.0942. The summed E-state index contributed by atoms with van der Waals surface area (Å²) < 4.78 is 1.86. The fourth-order valence-corrected chi connectivity index (χ4v) is 5.45. The van der Waals surface area contributed by atoms with Crippen molar-refractivity contribution in [3.63, 3.8) is 0 Å². The van der Waals surface area contributed by atoms with E-state index in [4.69, 9.17) is 0 Å². The maximum absolute atomic E-state index is 13.1. The second-order valence-electron chi connectivity index (χ2n) is 9.13. The van der Waals surface area contributed by atoms with Crippen LogP contribution >= 0.6 is 0 Å². The van der Waals surface area contributed by atoms with Gasteiger partial charge in [-0.05, 0) is 50.4 Å². The number of hydrogen-bond acceptors (Lipinski definition) is 6. The third kappa shape index (κ3) is 4.41. The van der Waals surface area contributed by atoms with Crippen molar-refractivity contribution in [1.29, 1.82) is 0 Å². The largest absolute Gasteiger partial charge is 0.351 e. The van der Waals surface area contributed by atoms with Crippen molar-refractivity contribution in [3.05, 3.63) is 58.0 Å². The minimum Gasteiger partial charge on any atom is -0.351 e. The van der Waals surface area contributed by atoms with E-state index < -0.39 is 0 Å². The van der Waals surface area contributed by atoms with Crippen molar-refractivity contribution >= 4 is 5.91 Å². The van der Waals surface area contributed by atoms with Crippen LogP contribution in [0.4, 0.5) is 0 Å². The first-order valence-corrected chi connectivity index (χ1v) is 11.4. The highest BCUT2D eigenvalue weighted by Crippen LogP contribution is 2.35. The molecular weight excluding hydrogens is 392 g/mol. The van der Waals surface area contributed by atoms with E-state index in [1.807, 2.05) is 23.0 Å². The molecule has 2 saturated heterocycles. The highest BCUT2D eigenvalue weighted by Gasteiger charge is 2.35. The SMILES string of the molecule is O=C(NCCN1CCCC1)c1ccc2n(c1=O)C[C@H]1C[C@@H]2CN(Cc2cncnc2)C1. The van der Waals surface area contributed by atoms with Crippen LogP contribution in [0.15, 0.2) is 35.6 Å². The van der Waals surface area contributed by atoms with Gasteiger partial charge in [-0.1, -0.05) is 0 Å². The predicted octanol–water partition coefficient (Wildman–Crippen LogP) is 1.08. The summed E-state index contributed by atoms with van der Waals surface area (Å²) in [6.07, 6.45) is 8.85. The van der Waals surface area contributed by atoms with Crippen LogP contribution in [0.25, 0.3) is 0 Å². The highest BCUT2D eigenvalue weighted by molar-refractivity contribution is 5.93. The van der Waals surface area contributed by atoms with Crippen LogP contribution < -0.4 is 10.9 Å². The molecule has 3 aliphatic rings. The van der Waals surface area contributed by atoms with E-state index in [0.717, 1.165) is 56.9 Å². The highest BCUT2D eigenvalue weighted by atomic mass is 16.2. The number of rotatable bonds is 6. The Morgan fingerprint density at radius 3 is 2.68 bits per heavy atom. The summed E-state index contributed by atoms with van der Waals surface area (Å²) >= 11 is 0. The molecule has 5 heterocycles. The molecule has 2 atom stereocenters. The van der Waals surface area contributed by atoms with Crippen molar-refractivity contribution in [2.24, 2.45) is 5.92 Å². The Morgan fingerprint density at radius 2 is 1.87 bits per heavy atom. The molecule has 0 unspecified atom stereocenters. The van der Waals surface area contributed by atoms with Gasteiger partial charge in [0.15, 0.2) is 0 Å². The standard InChI is InChI=1S/C23H30N6O2/c30-22(26-5-8-27-6-1-2-7-27)20-3-4-21-19-9-17(14-29(21)23(20)31)12-28(15-19)13-18-10-24-16-25-11-18/h3-4,10-11,16-17,19H,1-2,5-9,12-15H2,(H,26,30)/t17-,19+/m0/s1. The first-order valence-electron chi connectivity index (χ1n) is 11.4. The van der Waals surface area contributed by atoms with Gasteiger partial charge in [-0.2, -0.15) is 0 Å². The number of piperidine rings is 1. The molecule has 2 fully saturated rings. The molecule has 1 N–H and O–H groups in total. The Morgan fingerprint density at radius 1 is 1.06 bits per heavy atom. The molecule has 5 rings (SSSR count). The van der Waals surface area contributed by atoms with Crippen LogP contribution in [0.5, 0.6) is 0 Å². The zero-order chi connectivity index (χ0) is 21.2. The van der Waals surface area contributed by atoms with Crippen LogP contribution in [0, 0.1) is 5.92 Å². The van der Waals surface area contributed by atoms with Gasteiger partial charge in [-0.25, -0.2) is 9.97 Å². The van der Waals surface area contributed by atoms with E-state index >= 15 is 0 Å². The lowest BCUT2D eigenvalue weighted by Crippen LogP contribution is -2.48. The number of likely N-dealkylation sites (tertiary alicyclic amines) is 2. The molecule has 3 aliphatic heterocycles. The number of pyridine rings is 1. The van der Waals surface area contributed by atoms with Crippen molar-refractivity contribution in [1.82, 2.24) is 29.7 Å². The summed E-state index contributed by atoms with van der Waals surface area (Å²) in [4.78, 5) is 38.8. The van der Waals surface area contributed by atoms with Crippen LogP contribution in [0.3, 0.4) is 0 Å². The van der Waals surface area contributed by atoms with Crippen molar-refractivity contribution in [2.75, 3.05) is 39.3 Å². The quantitative estimate of drug-likeness (QED) is 0.750. The number of nitrogens with zero attached hydrogens (tertiary/aromatic N) is 5. The molecule has 0 radical (unpaired) electrons. The van der Waals surface area contributed by atoms with Gasteiger partial charge in [0.1, 0.15) is 11.9 Å². The van der Waals surface area contributed by atoms with E-state index in [-0.39, 0.29) is 17.0 Å². The zero-order valence-corrected chi connectivity index (χ0v) is 17.9. The van der Waals surface area contributed by atoms with Crippen LogP contribution in [-0.2, 0) is 13.1 Å². The molecule has 8 nitrogen and oxygen atoms in total. The number of hydrogen-bond donors (Lipinski definition) is 1. The molecule has 0 aromatic carbocycles. The topological polar surface area (TPSA) is 83.4 Å². The Labute approximate surface area is 182 Å². The van der Waals surface area contributed by atoms with Gasteiger partial charge in [0.25, 0.3) is 11.5 Å². The fourth-order valence-electron chi connectivity index (χ4n) is 5.45. The minimum atomic E-state index is -0.249. The average Bonchev–Trinajstić information content (AvgIpc) is 3.29. The summed E-state index contributed by atoms with van der Waals surface area (Å²) in [6.45, 7) is 7.02. The third-order valence-corrected chi connectivity index (χ3v) is 6.86. The molecule has 0 saturated carbocycles. The van der Waals surface area contributed by atoms with E-state index in [1.54, 1.807) is 12.4 Å². The van der Waals surface area contributed by atoms with E-state index in [0.29, 0.717) is 24.9 Å². The fraction of sp³-hybridized carbons (Fsp3) is 0.565. The molecule has 164 valence electrons. The summed E-state index contributed by atoms with van der Waals surface area (Å²) in [5.41, 5.74) is 2.30. The Kier molecular flexibility index (Phi) is 5.82. The summed E-state index contributed by atoms with van der Waals surface area (Å²) in [5, 5.41) is 2.94. The van der Waals surface area contributed by atoms with Gasteiger partial charge < -0.3 is 14.8 Å². The maximum atomic E-state index is 13.1. The van der Waals surface area contributed by atoms with Gasteiger partial charge in [-0.3, -0.25) is 14.5 Å². The second-order valence-corrected chi connectivity index (χ2v) is 9.13. The number of amides is 1. The van der Waals surface area contributed by atoms with Crippen molar-refractivity contribution in [2.45, 2.75) is 38.3 Å². The van der Waals surface area contributed by atoms with Crippen molar-refractivity contribution < 1.29 is 4.79 Å². The number of carbonyl (C=O) groups is 1. The Balaban J connectivity index is 1.26. The lowest BCUT2D eigenvalue weighted by atomic mass is 9.83. The summed E-state index contributed by atoms with van der Waals surface area (Å²) in [6, 6.07) is 3.72. The first kappa shape index (κ1) is 20.3. The van der Waals surface area contributed by atoms with Crippen LogP contribution in [0.1, 0.15) is 46.8 Å². The van der Waals surface area contributed by atoms with Gasteiger partial charge in [0, 0.05) is 68.8 Å². The molecule has 0 spiro atoms. The first-order chi connectivity index (χ1) is 15.2. The lowest BCUT2D eigenvalue weighted by Gasteiger charge is -2.42. The summed E-state index contributed by atoms with van der Waals surface area (Å²) in [7, 11) is 0. The molecule has 2 aromatic heterocycles. The van der Waals surface area contributed by atoms with Crippen molar-refractivity contribution in [3.8, 4) is 0 Å². The number of nitrogens with one attached hydrogen (secondary N) is 1. The van der Waals surface area contributed by atoms with Crippen LogP contribution in [-0.4, -0.2) is 69.5 Å². The summed E-state index contributed by atoms with van der Waals surface area (Å²) in [5.74, 6) is 0.486. The predicted molar refractivity (Wildman–Crippen MR) is 117 cm³/mol. The zero-order valence-electron chi connectivity index (χ0n) is 17.9. The van der Waals surface area contributed by atoms with Gasteiger partial charge in [0.05, 0.1) is 0 Å². The second kappa shape index (κ2) is 8.88. The minimum absolute atomic E-state index is 0.143. The Bertz CT molecular complexity index is 985. The molecule has 31 heavy (non-hydrogen) atoms. The number of aromatic nitrogens is 3. The molecule has 2 bridgehead atoms. The number of carbonyl (C=O) groups excluding carboxylic acids is 1. The smallest absolute Gasteiger partial charge is 0.263 e. The molecule has 2 aromatic rings. The third-order valence-electron chi connectivity index (χ3n) is 6.86. The molecular formula is C23H30N6O2. The Hall–Kier alpha value is -2.58. The maximum Gasteiger partial charge on any atom is 0.263 e. The monoisotopic (exact) mass is 422 g/mol. The van der Waals surface area contributed by atoms with Crippen LogP contribution in [0.2, 0.25) is 0 Å². The van der Waals surface area contributed by atoms with E-state index in [1.165, 1.54) is 12.8 Å². The van der Waals surface area contributed by atoms with E-state index in [2.05, 4.69) is 25.1 Å². The normalized spacial score (nSPS) is 23.5. The van der Waals surface area contributed by atoms with Gasteiger partial charge in [0.2, 0.25) is 0 Å². The molecule has 8 heteroatoms. The van der Waals surface area contributed by atoms with E-state index in [9.17, 15) is 9.59 Å². The average molecular weight is 423 g/mol.